The first-order chi connectivity index (χ1) is 13.2. The van der Waals surface area contributed by atoms with Crippen molar-refractivity contribution >= 4 is 5.69 Å². The van der Waals surface area contributed by atoms with Gasteiger partial charge in [-0.3, -0.25) is 0 Å². The van der Waals surface area contributed by atoms with E-state index in [2.05, 4.69) is 59.7 Å². The van der Waals surface area contributed by atoms with Gasteiger partial charge in [0.1, 0.15) is 6.04 Å². The molecule has 0 amide bonds. The number of hydrogen-bond acceptors (Lipinski definition) is 4. The van der Waals surface area contributed by atoms with Gasteiger partial charge >= 0.3 is 0 Å². The molecule has 0 saturated carbocycles. The van der Waals surface area contributed by atoms with E-state index in [0.29, 0.717) is 11.8 Å². The van der Waals surface area contributed by atoms with Gasteiger partial charge in [-0.25, -0.2) is 0 Å². The number of nitrogens with zero attached hydrogens (tertiary/aromatic N) is 2. The molecule has 27 heavy (non-hydrogen) atoms. The summed E-state index contributed by atoms with van der Waals surface area (Å²) in [5.41, 5.74) is 5.43. The van der Waals surface area contributed by atoms with E-state index in [-0.39, 0.29) is 6.04 Å². The summed E-state index contributed by atoms with van der Waals surface area (Å²) < 4.78 is 6.03. The Balaban J connectivity index is 1.72. The van der Waals surface area contributed by atoms with Crippen LogP contribution in [-0.4, -0.2) is 10.2 Å². The largest absolute Gasteiger partial charge is 0.418 e. The van der Waals surface area contributed by atoms with Gasteiger partial charge in [-0.15, -0.1) is 10.2 Å². The molecule has 3 aromatic carbocycles. The summed E-state index contributed by atoms with van der Waals surface area (Å²) in [4.78, 5) is 0. The molecule has 134 valence electrons. The van der Waals surface area contributed by atoms with Crippen LogP contribution >= 0.6 is 0 Å². The van der Waals surface area contributed by atoms with Crippen LogP contribution in [0.25, 0.3) is 11.5 Å². The number of hydrogen-bond donors (Lipinski definition) is 1. The minimum atomic E-state index is -0.225. The van der Waals surface area contributed by atoms with Gasteiger partial charge in [-0.2, -0.15) is 0 Å². The maximum atomic E-state index is 6.03. The molecule has 0 radical (unpaired) electrons. The van der Waals surface area contributed by atoms with E-state index in [1.54, 1.807) is 0 Å². The summed E-state index contributed by atoms with van der Waals surface area (Å²) in [6.45, 7) is 4.19. The van der Waals surface area contributed by atoms with Crippen molar-refractivity contribution in [2.45, 2.75) is 19.9 Å². The number of anilines is 1. The van der Waals surface area contributed by atoms with E-state index in [1.807, 2.05) is 48.5 Å². The van der Waals surface area contributed by atoms with E-state index in [9.17, 15) is 0 Å². The SMILES string of the molecule is Cc1cc(C)cc(NC(c2ccccc2)c2nnc(-c3ccccc3)o2)c1. The first-order valence-corrected chi connectivity index (χ1v) is 8.97. The van der Waals surface area contributed by atoms with Crippen LogP contribution in [0.4, 0.5) is 5.69 Å². The molecule has 4 aromatic rings. The zero-order valence-corrected chi connectivity index (χ0v) is 15.4. The van der Waals surface area contributed by atoms with Crippen molar-refractivity contribution in [3.63, 3.8) is 0 Å². The second-order valence-electron chi connectivity index (χ2n) is 6.68. The van der Waals surface area contributed by atoms with Gasteiger partial charge in [-0.1, -0.05) is 54.6 Å². The monoisotopic (exact) mass is 355 g/mol. The summed E-state index contributed by atoms with van der Waals surface area (Å²) in [6.07, 6.45) is 0. The molecule has 1 unspecified atom stereocenters. The lowest BCUT2D eigenvalue weighted by atomic mass is 10.1. The van der Waals surface area contributed by atoms with Crippen LogP contribution in [0.15, 0.2) is 83.3 Å². The highest BCUT2D eigenvalue weighted by Crippen LogP contribution is 2.29. The van der Waals surface area contributed by atoms with E-state index in [4.69, 9.17) is 4.42 Å². The third-order valence-electron chi connectivity index (χ3n) is 4.37. The molecule has 0 saturated heterocycles. The van der Waals surface area contributed by atoms with Gasteiger partial charge in [0.2, 0.25) is 11.8 Å². The standard InChI is InChI=1S/C23H21N3O/c1-16-13-17(2)15-20(14-16)24-21(18-9-5-3-6-10-18)23-26-25-22(27-23)19-11-7-4-8-12-19/h3-15,21,24H,1-2H3. The summed E-state index contributed by atoms with van der Waals surface area (Å²) >= 11 is 0. The van der Waals surface area contributed by atoms with Crippen LogP contribution in [0.5, 0.6) is 0 Å². The Hall–Kier alpha value is -3.40. The Labute approximate surface area is 158 Å². The zero-order valence-electron chi connectivity index (χ0n) is 15.4. The molecule has 0 aliphatic rings. The van der Waals surface area contributed by atoms with Crippen LogP contribution in [0, 0.1) is 13.8 Å². The summed E-state index contributed by atoms with van der Waals surface area (Å²) in [5.74, 6) is 1.06. The lowest BCUT2D eigenvalue weighted by Gasteiger charge is -2.18. The predicted molar refractivity (Wildman–Crippen MR) is 108 cm³/mol. The van der Waals surface area contributed by atoms with Crippen molar-refractivity contribution in [1.29, 1.82) is 0 Å². The molecule has 0 spiro atoms. The average Bonchev–Trinajstić information content (AvgIpc) is 3.17. The van der Waals surface area contributed by atoms with Gasteiger partial charge in [0, 0.05) is 11.3 Å². The molecule has 0 bridgehead atoms. The van der Waals surface area contributed by atoms with E-state index >= 15 is 0 Å². The van der Waals surface area contributed by atoms with E-state index in [1.165, 1.54) is 11.1 Å². The maximum absolute atomic E-state index is 6.03. The lowest BCUT2D eigenvalue weighted by Crippen LogP contribution is -2.13. The maximum Gasteiger partial charge on any atom is 0.247 e. The van der Waals surface area contributed by atoms with Crippen LogP contribution in [0.2, 0.25) is 0 Å². The fraction of sp³-hybridized carbons (Fsp3) is 0.130. The van der Waals surface area contributed by atoms with E-state index in [0.717, 1.165) is 16.8 Å². The topological polar surface area (TPSA) is 51.0 Å². The van der Waals surface area contributed by atoms with Crippen molar-refractivity contribution < 1.29 is 4.42 Å². The second kappa shape index (κ2) is 7.46. The zero-order chi connectivity index (χ0) is 18.6. The van der Waals surface area contributed by atoms with Gasteiger partial charge in [0.05, 0.1) is 0 Å². The van der Waals surface area contributed by atoms with Crippen LogP contribution in [0.1, 0.15) is 28.6 Å². The Kier molecular flexibility index (Phi) is 4.71. The second-order valence-corrected chi connectivity index (χ2v) is 6.68. The fourth-order valence-electron chi connectivity index (χ4n) is 3.21. The molecule has 0 aliphatic heterocycles. The number of benzene rings is 3. The molecule has 0 aliphatic carbocycles. The Morgan fingerprint density at radius 3 is 2.07 bits per heavy atom. The van der Waals surface area contributed by atoms with Gasteiger partial charge in [-0.05, 0) is 54.8 Å². The highest BCUT2D eigenvalue weighted by atomic mass is 16.4. The number of aromatic nitrogens is 2. The molecule has 1 atom stereocenters. The third-order valence-corrected chi connectivity index (χ3v) is 4.37. The minimum absolute atomic E-state index is 0.225. The Morgan fingerprint density at radius 2 is 1.41 bits per heavy atom. The fourth-order valence-corrected chi connectivity index (χ4v) is 3.21. The molecule has 0 fully saturated rings. The van der Waals surface area contributed by atoms with Crippen molar-refractivity contribution in [3.8, 4) is 11.5 Å². The molecular weight excluding hydrogens is 334 g/mol. The molecule has 1 N–H and O–H groups in total. The van der Waals surface area contributed by atoms with Gasteiger partial charge in [0.15, 0.2) is 0 Å². The minimum Gasteiger partial charge on any atom is -0.418 e. The quantitative estimate of drug-likeness (QED) is 0.509. The van der Waals surface area contributed by atoms with Crippen LogP contribution in [-0.2, 0) is 0 Å². The number of aryl methyl sites for hydroxylation is 2. The summed E-state index contributed by atoms with van der Waals surface area (Å²) in [5, 5.41) is 12.1. The van der Waals surface area contributed by atoms with Gasteiger partial charge < -0.3 is 9.73 Å². The average molecular weight is 355 g/mol. The van der Waals surface area contributed by atoms with Crippen LogP contribution < -0.4 is 5.32 Å². The predicted octanol–water partition coefficient (Wildman–Crippen LogP) is 5.55. The normalized spacial score (nSPS) is 11.9. The molecule has 1 aromatic heterocycles. The molecule has 4 rings (SSSR count). The highest BCUT2D eigenvalue weighted by molar-refractivity contribution is 5.53. The number of rotatable bonds is 5. The van der Waals surface area contributed by atoms with Crippen molar-refractivity contribution in [3.05, 3.63) is 101 Å². The molecule has 4 nitrogen and oxygen atoms in total. The Bertz CT molecular complexity index is 1010. The molecule has 4 heteroatoms. The Morgan fingerprint density at radius 1 is 0.778 bits per heavy atom. The first kappa shape index (κ1) is 17.0. The summed E-state index contributed by atoms with van der Waals surface area (Å²) in [7, 11) is 0. The van der Waals surface area contributed by atoms with Crippen molar-refractivity contribution in [1.82, 2.24) is 10.2 Å². The van der Waals surface area contributed by atoms with Crippen LogP contribution in [0.3, 0.4) is 0 Å². The van der Waals surface area contributed by atoms with Crippen molar-refractivity contribution in [2.75, 3.05) is 5.32 Å². The van der Waals surface area contributed by atoms with Crippen molar-refractivity contribution in [2.24, 2.45) is 0 Å². The van der Waals surface area contributed by atoms with Gasteiger partial charge in [0.25, 0.3) is 0 Å². The lowest BCUT2D eigenvalue weighted by molar-refractivity contribution is 0.494. The third kappa shape index (κ3) is 3.90. The first-order valence-electron chi connectivity index (χ1n) is 8.97. The number of nitrogens with one attached hydrogen (secondary N) is 1. The molecule has 1 heterocycles. The van der Waals surface area contributed by atoms with E-state index < -0.39 is 0 Å². The highest BCUT2D eigenvalue weighted by Gasteiger charge is 2.21. The smallest absolute Gasteiger partial charge is 0.247 e. The molecular formula is C23H21N3O. The summed E-state index contributed by atoms with van der Waals surface area (Å²) in [6, 6.07) is 26.1.